The van der Waals surface area contributed by atoms with E-state index in [2.05, 4.69) is 33.4 Å². The third kappa shape index (κ3) is 3.40. The van der Waals surface area contributed by atoms with Crippen molar-refractivity contribution in [3.63, 3.8) is 0 Å². The lowest BCUT2D eigenvalue weighted by Gasteiger charge is -2.45. The fourth-order valence-corrected chi connectivity index (χ4v) is 5.09. The van der Waals surface area contributed by atoms with Crippen LogP contribution in [0.25, 0.3) is 22.3 Å². The number of piperazine rings is 1. The molecule has 1 spiro atoms. The standard InChI is InChI=1S/C23H29N5O/c1-15-12-24-23(9-3-4-10-23)14-28(15)13-18-11-20(17-5-7-19(29)8-6-17)25-22-21(18)16(2)26-27-22/h5-8,11,15,24,29H,3-4,9-10,12-14H2,1-2H3,(H,25,26,27). The summed E-state index contributed by atoms with van der Waals surface area (Å²) in [5.41, 5.74) is 5.31. The monoisotopic (exact) mass is 391 g/mol. The molecule has 2 aromatic heterocycles. The SMILES string of the molecule is Cc1n[nH]c2nc(-c3ccc(O)cc3)cc(CN3CC4(CCCC4)NCC3C)c12. The number of aromatic hydroxyl groups is 1. The lowest BCUT2D eigenvalue weighted by Crippen LogP contribution is -2.62. The molecule has 152 valence electrons. The maximum absolute atomic E-state index is 9.63. The minimum atomic E-state index is 0.268. The molecule has 0 amide bonds. The van der Waals surface area contributed by atoms with E-state index in [4.69, 9.17) is 4.98 Å². The number of aromatic amines is 1. The summed E-state index contributed by atoms with van der Waals surface area (Å²) in [6, 6.07) is 9.94. The Morgan fingerprint density at radius 3 is 2.72 bits per heavy atom. The zero-order valence-electron chi connectivity index (χ0n) is 17.2. The van der Waals surface area contributed by atoms with Crippen LogP contribution in [0.15, 0.2) is 30.3 Å². The molecule has 2 aliphatic rings. The van der Waals surface area contributed by atoms with Crippen LogP contribution >= 0.6 is 0 Å². The molecule has 3 N–H and O–H groups in total. The smallest absolute Gasteiger partial charge is 0.156 e. The highest BCUT2D eigenvalue weighted by Gasteiger charge is 2.40. The van der Waals surface area contributed by atoms with E-state index in [1.54, 1.807) is 12.1 Å². The Morgan fingerprint density at radius 2 is 1.97 bits per heavy atom. The molecule has 6 heteroatoms. The van der Waals surface area contributed by atoms with Crippen LogP contribution in [0.4, 0.5) is 0 Å². The lowest BCUT2D eigenvalue weighted by molar-refractivity contribution is 0.0830. The van der Waals surface area contributed by atoms with E-state index in [9.17, 15) is 5.11 Å². The summed E-state index contributed by atoms with van der Waals surface area (Å²) in [5.74, 6) is 0.268. The van der Waals surface area contributed by atoms with Gasteiger partial charge in [0.15, 0.2) is 5.65 Å². The van der Waals surface area contributed by atoms with Gasteiger partial charge in [-0.2, -0.15) is 5.10 Å². The van der Waals surface area contributed by atoms with Gasteiger partial charge in [-0.05, 0) is 62.6 Å². The summed E-state index contributed by atoms with van der Waals surface area (Å²) >= 11 is 0. The topological polar surface area (TPSA) is 77.1 Å². The van der Waals surface area contributed by atoms with Crippen LogP contribution in [0.2, 0.25) is 0 Å². The van der Waals surface area contributed by atoms with Crippen molar-refractivity contribution < 1.29 is 5.11 Å². The average Bonchev–Trinajstić information content (AvgIpc) is 3.32. The molecular weight excluding hydrogens is 362 g/mol. The number of rotatable bonds is 3. The van der Waals surface area contributed by atoms with E-state index in [0.717, 1.165) is 47.6 Å². The molecule has 1 atom stereocenters. The van der Waals surface area contributed by atoms with Crippen molar-refractivity contribution in [1.82, 2.24) is 25.4 Å². The van der Waals surface area contributed by atoms with Crippen molar-refractivity contribution in [2.45, 2.75) is 57.7 Å². The summed E-state index contributed by atoms with van der Waals surface area (Å²) in [6.45, 7) is 7.40. The van der Waals surface area contributed by atoms with Gasteiger partial charge in [0, 0.05) is 42.2 Å². The second-order valence-corrected chi connectivity index (χ2v) is 8.87. The van der Waals surface area contributed by atoms with Gasteiger partial charge < -0.3 is 10.4 Å². The van der Waals surface area contributed by atoms with E-state index in [-0.39, 0.29) is 5.75 Å². The van der Waals surface area contributed by atoms with Crippen LogP contribution in [0.3, 0.4) is 0 Å². The van der Waals surface area contributed by atoms with Gasteiger partial charge in [0.1, 0.15) is 5.75 Å². The number of nitrogens with one attached hydrogen (secondary N) is 2. The van der Waals surface area contributed by atoms with Gasteiger partial charge >= 0.3 is 0 Å². The van der Waals surface area contributed by atoms with Crippen LogP contribution in [-0.2, 0) is 6.54 Å². The molecule has 1 saturated heterocycles. The Balaban J connectivity index is 1.52. The number of H-pyrrole nitrogens is 1. The number of phenolic OH excluding ortho intramolecular Hbond substituents is 1. The Kier molecular flexibility index (Phi) is 4.56. The maximum Gasteiger partial charge on any atom is 0.156 e. The number of phenols is 1. The highest BCUT2D eigenvalue weighted by atomic mass is 16.3. The summed E-state index contributed by atoms with van der Waals surface area (Å²) in [7, 11) is 0. The summed E-state index contributed by atoms with van der Waals surface area (Å²) < 4.78 is 0. The minimum Gasteiger partial charge on any atom is -0.508 e. The zero-order valence-corrected chi connectivity index (χ0v) is 17.2. The summed E-state index contributed by atoms with van der Waals surface area (Å²) in [4.78, 5) is 7.44. The predicted molar refractivity (Wildman–Crippen MR) is 115 cm³/mol. The summed E-state index contributed by atoms with van der Waals surface area (Å²) in [6.07, 6.45) is 5.23. The van der Waals surface area contributed by atoms with Gasteiger partial charge in [-0.15, -0.1) is 0 Å². The third-order valence-electron chi connectivity index (χ3n) is 6.79. The van der Waals surface area contributed by atoms with Crippen molar-refractivity contribution in [2.75, 3.05) is 13.1 Å². The Hall–Kier alpha value is -2.44. The van der Waals surface area contributed by atoms with Crippen molar-refractivity contribution in [1.29, 1.82) is 0 Å². The molecule has 29 heavy (non-hydrogen) atoms. The molecule has 1 aliphatic carbocycles. The van der Waals surface area contributed by atoms with Crippen LogP contribution < -0.4 is 5.32 Å². The molecule has 0 bridgehead atoms. The average molecular weight is 392 g/mol. The van der Waals surface area contributed by atoms with Gasteiger partial charge in [0.05, 0.1) is 11.4 Å². The Bertz CT molecular complexity index is 1020. The third-order valence-corrected chi connectivity index (χ3v) is 6.79. The van der Waals surface area contributed by atoms with Crippen molar-refractivity contribution >= 4 is 11.0 Å². The van der Waals surface area contributed by atoms with Gasteiger partial charge in [-0.3, -0.25) is 10.00 Å². The Morgan fingerprint density at radius 1 is 1.21 bits per heavy atom. The molecule has 2 fully saturated rings. The first-order chi connectivity index (χ1) is 14.0. The zero-order chi connectivity index (χ0) is 20.0. The molecule has 1 aliphatic heterocycles. The van der Waals surface area contributed by atoms with Gasteiger partial charge in [-0.1, -0.05) is 12.8 Å². The molecule has 1 aromatic carbocycles. The van der Waals surface area contributed by atoms with Crippen molar-refractivity contribution in [3.8, 4) is 17.0 Å². The van der Waals surface area contributed by atoms with Crippen molar-refractivity contribution in [2.24, 2.45) is 0 Å². The normalized spacial score (nSPS) is 21.9. The lowest BCUT2D eigenvalue weighted by atomic mass is 9.92. The number of fused-ring (bicyclic) bond motifs is 1. The number of hydrogen-bond acceptors (Lipinski definition) is 5. The van der Waals surface area contributed by atoms with E-state index < -0.39 is 0 Å². The molecule has 3 heterocycles. The number of hydrogen-bond donors (Lipinski definition) is 3. The molecule has 0 radical (unpaired) electrons. The van der Waals surface area contributed by atoms with E-state index in [1.807, 2.05) is 19.1 Å². The van der Waals surface area contributed by atoms with Crippen LogP contribution in [0, 0.1) is 6.92 Å². The molecule has 5 rings (SSSR count). The molecular formula is C23H29N5O. The Labute approximate surface area is 171 Å². The maximum atomic E-state index is 9.63. The second kappa shape index (κ2) is 7.11. The van der Waals surface area contributed by atoms with E-state index >= 15 is 0 Å². The van der Waals surface area contributed by atoms with Gasteiger partial charge in [0.25, 0.3) is 0 Å². The van der Waals surface area contributed by atoms with E-state index in [0.29, 0.717) is 11.6 Å². The quantitative estimate of drug-likeness (QED) is 0.634. The first-order valence-corrected chi connectivity index (χ1v) is 10.7. The number of aryl methyl sites for hydroxylation is 1. The highest BCUT2D eigenvalue weighted by Crippen LogP contribution is 2.35. The number of benzene rings is 1. The largest absolute Gasteiger partial charge is 0.508 e. The fourth-order valence-electron chi connectivity index (χ4n) is 5.09. The first-order valence-electron chi connectivity index (χ1n) is 10.7. The van der Waals surface area contributed by atoms with Gasteiger partial charge in [0.2, 0.25) is 0 Å². The fraction of sp³-hybridized carbons (Fsp3) is 0.478. The van der Waals surface area contributed by atoms with Gasteiger partial charge in [-0.25, -0.2) is 4.98 Å². The van der Waals surface area contributed by atoms with E-state index in [1.165, 1.54) is 31.2 Å². The molecule has 6 nitrogen and oxygen atoms in total. The van der Waals surface area contributed by atoms with Crippen LogP contribution in [0.5, 0.6) is 5.75 Å². The molecule has 3 aromatic rings. The second-order valence-electron chi connectivity index (χ2n) is 8.87. The first kappa shape index (κ1) is 18.6. The predicted octanol–water partition coefficient (Wildman–Crippen LogP) is 3.75. The highest BCUT2D eigenvalue weighted by molar-refractivity contribution is 5.84. The van der Waals surface area contributed by atoms with Crippen LogP contribution in [0.1, 0.15) is 43.9 Å². The number of nitrogens with zero attached hydrogens (tertiary/aromatic N) is 3. The molecule has 1 unspecified atom stereocenters. The minimum absolute atomic E-state index is 0.268. The molecule has 1 saturated carbocycles. The van der Waals surface area contributed by atoms with Crippen molar-refractivity contribution in [3.05, 3.63) is 41.6 Å². The summed E-state index contributed by atoms with van der Waals surface area (Å²) in [5, 5.41) is 22.2. The van der Waals surface area contributed by atoms with Crippen LogP contribution in [-0.4, -0.2) is 49.9 Å². The number of aromatic nitrogens is 3. The number of pyridine rings is 1.